The molecular weight excluding hydrogens is 398 g/mol. The maximum atomic E-state index is 12.9. The summed E-state index contributed by atoms with van der Waals surface area (Å²) < 4.78 is 5.42. The molecule has 156 valence electrons. The minimum absolute atomic E-state index is 0.0395. The van der Waals surface area contributed by atoms with E-state index >= 15 is 0 Å². The molecular formula is C24H25NO4S. The summed E-state index contributed by atoms with van der Waals surface area (Å²) >= 11 is 1.61. The Balaban J connectivity index is 1.50. The van der Waals surface area contributed by atoms with E-state index in [9.17, 15) is 14.4 Å². The Morgan fingerprint density at radius 2 is 1.80 bits per heavy atom. The van der Waals surface area contributed by atoms with Crippen LogP contribution in [0.3, 0.4) is 0 Å². The number of Topliss-reactive ketones (excluding diaryl/α,β-unsaturated/α-hetero) is 1. The average Bonchev–Trinajstić information content (AvgIpc) is 3.25. The summed E-state index contributed by atoms with van der Waals surface area (Å²) in [6, 6.07) is 13.1. The number of thioether (sulfide) groups is 1. The zero-order chi connectivity index (χ0) is 21.5. The van der Waals surface area contributed by atoms with Crippen molar-refractivity contribution in [1.82, 2.24) is 4.90 Å². The van der Waals surface area contributed by atoms with Crippen LogP contribution in [0.5, 0.6) is 0 Å². The molecule has 2 heterocycles. The second-order valence-electron chi connectivity index (χ2n) is 8.05. The maximum Gasteiger partial charge on any atom is 0.330 e. The summed E-state index contributed by atoms with van der Waals surface area (Å²) in [5.74, 6) is -0.296. The zero-order valence-electron chi connectivity index (χ0n) is 17.4. The van der Waals surface area contributed by atoms with E-state index in [1.165, 1.54) is 0 Å². The van der Waals surface area contributed by atoms with Gasteiger partial charge in [0.25, 0.3) is 0 Å². The van der Waals surface area contributed by atoms with Crippen LogP contribution in [0.4, 0.5) is 0 Å². The molecule has 30 heavy (non-hydrogen) atoms. The Hall–Kier alpha value is -2.60. The van der Waals surface area contributed by atoms with Crippen molar-refractivity contribution in [1.29, 1.82) is 0 Å². The van der Waals surface area contributed by atoms with Gasteiger partial charge in [0.05, 0.1) is 0 Å². The van der Waals surface area contributed by atoms with Crippen LogP contribution in [0.2, 0.25) is 0 Å². The molecule has 1 amide bonds. The van der Waals surface area contributed by atoms with Gasteiger partial charge >= 0.3 is 5.97 Å². The summed E-state index contributed by atoms with van der Waals surface area (Å²) in [7, 11) is 0. The van der Waals surface area contributed by atoms with Gasteiger partial charge < -0.3 is 9.64 Å². The third kappa shape index (κ3) is 3.43. The molecule has 2 aliphatic rings. The van der Waals surface area contributed by atoms with Crippen LogP contribution in [0.1, 0.15) is 45.5 Å². The molecule has 2 fully saturated rings. The van der Waals surface area contributed by atoms with E-state index in [2.05, 4.69) is 0 Å². The van der Waals surface area contributed by atoms with Gasteiger partial charge in [0.1, 0.15) is 10.9 Å². The van der Waals surface area contributed by atoms with Gasteiger partial charge in [-0.05, 0) is 43.9 Å². The number of amides is 1. The Labute approximate surface area is 180 Å². The topological polar surface area (TPSA) is 63.7 Å². The molecule has 2 aliphatic heterocycles. The molecule has 2 atom stereocenters. The van der Waals surface area contributed by atoms with E-state index in [0.29, 0.717) is 24.2 Å². The van der Waals surface area contributed by atoms with Gasteiger partial charge in [0.15, 0.2) is 6.61 Å². The van der Waals surface area contributed by atoms with Gasteiger partial charge in [-0.15, -0.1) is 11.8 Å². The van der Waals surface area contributed by atoms with E-state index in [0.717, 1.165) is 22.3 Å². The van der Waals surface area contributed by atoms with Gasteiger partial charge in [0, 0.05) is 17.7 Å². The molecule has 0 radical (unpaired) electrons. The smallest absolute Gasteiger partial charge is 0.330 e. The highest BCUT2D eigenvalue weighted by Crippen LogP contribution is 2.54. The number of carbonyl (C=O) groups is 3. The van der Waals surface area contributed by atoms with Gasteiger partial charge in [-0.3, -0.25) is 9.59 Å². The van der Waals surface area contributed by atoms with Crippen LogP contribution in [0.15, 0.2) is 42.5 Å². The van der Waals surface area contributed by atoms with Crippen LogP contribution < -0.4 is 0 Å². The van der Waals surface area contributed by atoms with E-state index in [1.807, 2.05) is 63.2 Å². The summed E-state index contributed by atoms with van der Waals surface area (Å²) in [5, 5.41) is 0. The fraction of sp³-hybridized carbons (Fsp3) is 0.375. The third-order valence-electron chi connectivity index (χ3n) is 5.93. The Morgan fingerprint density at radius 3 is 2.47 bits per heavy atom. The summed E-state index contributed by atoms with van der Waals surface area (Å²) in [6.07, 6.45) is 1.08. The SMILES string of the molecule is Cc1cc(C)c(C(=O)COC(=O)[C@@H]2CS[C@]3(c4ccccc4)CCC(=O)N23)c(C)c1. The van der Waals surface area contributed by atoms with E-state index in [4.69, 9.17) is 4.74 Å². The molecule has 0 saturated carbocycles. The molecule has 0 bridgehead atoms. The molecule has 4 rings (SSSR count). The highest BCUT2D eigenvalue weighted by Gasteiger charge is 2.57. The van der Waals surface area contributed by atoms with Gasteiger partial charge in [-0.1, -0.05) is 48.0 Å². The van der Waals surface area contributed by atoms with Crippen molar-refractivity contribution < 1.29 is 19.1 Å². The molecule has 0 unspecified atom stereocenters. The minimum Gasteiger partial charge on any atom is -0.456 e. The number of aryl methyl sites for hydroxylation is 3. The second kappa shape index (κ2) is 7.91. The fourth-order valence-corrected chi connectivity index (χ4v) is 6.38. The second-order valence-corrected chi connectivity index (χ2v) is 9.34. The van der Waals surface area contributed by atoms with Crippen molar-refractivity contribution in [2.45, 2.75) is 44.5 Å². The quantitative estimate of drug-likeness (QED) is 0.539. The van der Waals surface area contributed by atoms with Crippen molar-refractivity contribution in [3.05, 3.63) is 70.3 Å². The maximum absolute atomic E-state index is 12.9. The lowest BCUT2D eigenvalue weighted by Gasteiger charge is -2.33. The van der Waals surface area contributed by atoms with Crippen molar-refractivity contribution in [2.24, 2.45) is 0 Å². The van der Waals surface area contributed by atoms with E-state index < -0.39 is 16.9 Å². The van der Waals surface area contributed by atoms with Gasteiger partial charge in [-0.25, -0.2) is 4.79 Å². The molecule has 0 aliphatic carbocycles. The lowest BCUT2D eigenvalue weighted by molar-refractivity contribution is -0.152. The lowest BCUT2D eigenvalue weighted by Crippen LogP contribution is -2.47. The van der Waals surface area contributed by atoms with Crippen molar-refractivity contribution in [3.63, 3.8) is 0 Å². The van der Waals surface area contributed by atoms with Crippen LogP contribution in [-0.4, -0.2) is 41.0 Å². The Bertz CT molecular complexity index is 996. The average molecular weight is 424 g/mol. The predicted molar refractivity (Wildman–Crippen MR) is 116 cm³/mol. The number of nitrogens with zero attached hydrogens (tertiary/aromatic N) is 1. The molecule has 0 spiro atoms. The van der Waals surface area contributed by atoms with E-state index in [1.54, 1.807) is 16.7 Å². The number of hydrogen-bond donors (Lipinski definition) is 0. The number of rotatable bonds is 5. The monoisotopic (exact) mass is 423 g/mol. The highest BCUT2D eigenvalue weighted by molar-refractivity contribution is 8.00. The Morgan fingerprint density at radius 1 is 1.13 bits per heavy atom. The fourth-order valence-electron chi connectivity index (χ4n) is 4.74. The molecule has 0 N–H and O–H groups in total. The zero-order valence-corrected chi connectivity index (χ0v) is 18.3. The molecule has 0 aromatic heterocycles. The minimum atomic E-state index is -0.668. The van der Waals surface area contributed by atoms with Crippen LogP contribution in [-0.2, 0) is 19.2 Å². The van der Waals surface area contributed by atoms with Crippen LogP contribution >= 0.6 is 11.8 Å². The molecule has 2 aromatic carbocycles. The summed E-state index contributed by atoms with van der Waals surface area (Å²) in [6.45, 7) is 5.45. The first kappa shape index (κ1) is 20.7. The molecule has 5 nitrogen and oxygen atoms in total. The number of fused-ring (bicyclic) bond motifs is 1. The van der Waals surface area contributed by atoms with Crippen molar-refractivity contribution >= 4 is 29.4 Å². The van der Waals surface area contributed by atoms with Crippen LogP contribution in [0.25, 0.3) is 0 Å². The molecule has 2 saturated heterocycles. The van der Waals surface area contributed by atoms with Crippen molar-refractivity contribution in [2.75, 3.05) is 12.4 Å². The third-order valence-corrected chi connectivity index (χ3v) is 7.52. The first-order chi connectivity index (χ1) is 14.3. The van der Waals surface area contributed by atoms with Crippen molar-refractivity contribution in [3.8, 4) is 0 Å². The van der Waals surface area contributed by atoms with Gasteiger partial charge in [-0.2, -0.15) is 0 Å². The normalized spacial score (nSPS) is 22.8. The Kier molecular flexibility index (Phi) is 5.45. The first-order valence-electron chi connectivity index (χ1n) is 10.1. The predicted octanol–water partition coefficient (Wildman–Crippen LogP) is 3.93. The lowest BCUT2D eigenvalue weighted by atomic mass is 9.97. The molecule has 6 heteroatoms. The van der Waals surface area contributed by atoms with Gasteiger partial charge in [0.2, 0.25) is 11.7 Å². The van der Waals surface area contributed by atoms with E-state index in [-0.39, 0.29) is 18.3 Å². The highest BCUT2D eigenvalue weighted by atomic mass is 32.2. The summed E-state index contributed by atoms with van der Waals surface area (Å²) in [4.78, 5) is 39.4. The number of esters is 1. The summed E-state index contributed by atoms with van der Waals surface area (Å²) in [5.41, 5.74) is 4.47. The number of ketones is 1. The van der Waals surface area contributed by atoms with Crippen LogP contribution in [0, 0.1) is 20.8 Å². The number of carbonyl (C=O) groups excluding carboxylic acids is 3. The standard InChI is InChI=1S/C24H25NO4S/c1-15-11-16(2)22(17(3)12-15)20(26)13-29-23(28)19-14-30-24(10-9-21(27)25(19)24)18-7-5-4-6-8-18/h4-8,11-12,19H,9-10,13-14H2,1-3H3/t19-,24-/m0/s1. The first-order valence-corrected chi connectivity index (χ1v) is 11.1. The number of ether oxygens (including phenoxy) is 1. The number of benzene rings is 2. The number of hydrogen-bond acceptors (Lipinski definition) is 5. The molecule has 2 aromatic rings. The largest absolute Gasteiger partial charge is 0.456 e.